The van der Waals surface area contributed by atoms with Crippen molar-refractivity contribution in [3.63, 3.8) is 0 Å². The number of aromatic hydroxyl groups is 1. The quantitative estimate of drug-likeness (QED) is 0.156. The van der Waals surface area contributed by atoms with Crippen molar-refractivity contribution >= 4 is 41.4 Å². The molecular weight excluding hydrogens is 454 g/mol. The van der Waals surface area contributed by atoms with E-state index in [0.29, 0.717) is 11.3 Å². The van der Waals surface area contributed by atoms with E-state index in [1.165, 1.54) is 23.9 Å². The highest BCUT2D eigenvalue weighted by atomic mass is 32.2. The van der Waals surface area contributed by atoms with Crippen LogP contribution in [0, 0.1) is 0 Å². The summed E-state index contributed by atoms with van der Waals surface area (Å²) in [4.78, 5) is 59.4. The number of carboxylic acid groups (broad SMARTS) is 1. The molecule has 12 nitrogen and oxygen atoms in total. The molecule has 33 heavy (non-hydrogen) atoms. The van der Waals surface area contributed by atoms with E-state index in [4.69, 9.17) is 16.6 Å². The van der Waals surface area contributed by atoms with Gasteiger partial charge in [-0.05, 0) is 42.5 Å². The molecule has 3 atom stereocenters. The first-order valence-corrected chi connectivity index (χ1v) is 11.3. The first kappa shape index (κ1) is 27.7. The summed E-state index contributed by atoms with van der Waals surface area (Å²) in [5.74, 6) is -3.83. The van der Waals surface area contributed by atoms with Crippen molar-refractivity contribution in [2.75, 3.05) is 18.6 Å². The van der Waals surface area contributed by atoms with Crippen LogP contribution in [0.1, 0.15) is 18.4 Å². The van der Waals surface area contributed by atoms with Gasteiger partial charge in [0.15, 0.2) is 0 Å². The van der Waals surface area contributed by atoms with Crippen LogP contribution in [0.15, 0.2) is 24.3 Å². The third kappa shape index (κ3) is 10.7. The maximum absolute atomic E-state index is 12.4. The second-order valence-electron chi connectivity index (χ2n) is 7.17. The number of aliphatic carboxylic acids is 1. The minimum atomic E-state index is -1.37. The molecule has 0 aliphatic heterocycles. The molecule has 0 radical (unpaired) electrons. The van der Waals surface area contributed by atoms with Gasteiger partial charge in [-0.3, -0.25) is 19.2 Å². The molecule has 1 aromatic carbocycles. The van der Waals surface area contributed by atoms with Crippen LogP contribution >= 0.6 is 11.8 Å². The Balaban J connectivity index is 2.66. The maximum Gasteiger partial charge on any atom is 0.326 e. The second kappa shape index (κ2) is 14.0. The standard InChI is InChI=1S/C20H29N5O7S/c1-33-7-6-14(20(31)32)24-17(28)10-23-19(30)15(9-16(22)27)25-18(29)13(21)8-11-2-4-12(26)5-3-11/h2-5,13-15,26H,6-10,21H2,1H3,(H2,22,27)(H,23,30)(H,24,28)(H,25,29)(H,31,32). The first-order valence-electron chi connectivity index (χ1n) is 9.94. The summed E-state index contributed by atoms with van der Waals surface area (Å²) in [7, 11) is 0. The largest absolute Gasteiger partial charge is 0.508 e. The Kier molecular flexibility index (Phi) is 11.7. The van der Waals surface area contributed by atoms with E-state index in [1.807, 2.05) is 0 Å². The summed E-state index contributed by atoms with van der Waals surface area (Å²) in [6.45, 7) is -0.563. The fourth-order valence-corrected chi connectivity index (χ4v) is 3.17. The number of primary amides is 1. The number of rotatable bonds is 14. The molecule has 0 aromatic heterocycles. The number of amides is 4. The van der Waals surface area contributed by atoms with Crippen molar-refractivity contribution in [3.05, 3.63) is 29.8 Å². The lowest BCUT2D eigenvalue weighted by Gasteiger charge is -2.20. The number of thioether (sulfide) groups is 1. The van der Waals surface area contributed by atoms with Crippen LogP contribution < -0.4 is 27.4 Å². The molecule has 1 aromatic rings. The predicted octanol–water partition coefficient (Wildman–Crippen LogP) is -1.94. The summed E-state index contributed by atoms with van der Waals surface area (Å²) in [6, 6.07) is 2.49. The van der Waals surface area contributed by atoms with Gasteiger partial charge in [-0.2, -0.15) is 11.8 Å². The van der Waals surface area contributed by atoms with Crippen LogP contribution in [0.25, 0.3) is 0 Å². The lowest BCUT2D eigenvalue weighted by Crippen LogP contribution is -2.54. The smallest absolute Gasteiger partial charge is 0.326 e. The lowest BCUT2D eigenvalue weighted by atomic mass is 10.0. The zero-order valence-corrected chi connectivity index (χ0v) is 18.9. The molecule has 0 heterocycles. The molecule has 1 rings (SSSR count). The Bertz CT molecular complexity index is 850. The number of phenolic OH excluding ortho intramolecular Hbond substituents is 1. The van der Waals surface area contributed by atoms with Gasteiger partial charge < -0.3 is 37.6 Å². The minimum Gasteiger partial charge on any atom is -0.508 e. The van der Waals surface area contributed by atoms with Crippen LogP contribution in [-0.4, -0.2) is 76.5 Å². The highest BCUT2D eigenvalue weighted by Crippen LogP contribution is 2.11. The van der Waals surface area contributed by atoms with Gasteiger partial charge >= 0.3 is 5.97 Å². The fraction of sp³-hybridized carbons (Fsp3) is 0.450. The number of carboxylic acids is 1. The molecule has 4 amide bonds. The number of nitrogens with one attached hydrogen (secondary N) is 3. The van der Waals surface area contributed by atoms with E-state index in [1.54, 1.807) is 18.4 Å². The van der Waals surface area contributed by atoms with Gasteiger partial charge in [0.2, 0.25) is 23.6 Å². The van der Waals surface area contributed by atoms with Crippen molar-refractivity contribution in [2.24, 2.45) is 11.5 Å². The summed E-state index contributed by atoms with van der Waals surface area (Å²) in [5, 5.41) is 25.3. The highest BCUT2D eigenvalue weighted by molar-refractivity contribution is 7.98. The van der Waals surface area contributed by atoms with E-state index < -0.39 is 60.7 Å². The maximum atomic E-state index is 12.4. The second-order valence-corrected chi connectivity index (χ2v) is 8.15. The third-order valence-corrected chi connectivity index (χ3v) is 5.08. The molecule has 0 bridgehead atoms. The molecule has 3 unspecified atom stereocenters. The molecule has 0 aliphatic rings. The van der Waals surface area contributed by atoms with Crippen LogP contribution in [0.5, 0.6) is 5.75 Å². The minimum absolute atomic E-state index is 0.0536. The van der Waals surface area contributed by atoms with E-state index in [9.17, 15) is 29.1 Å². The van der Waals surface area contributed by atoms with E-state index in [0.717, 1.165) is 0 Å². The number of carbonyl (C=O) groups is 5. The SMILES string of the molecule is CSCCC(NC(=O)CNC(=O)C(CC(N)=O)NC(=O)C(N)Cc1ccc(O)cc1)C(=O)O. The molecule has 182 valence electrons. The van der Waals surface area contributed by atoms with E-state index >= 15 is 0 Å². The molecule has 9 N–H and O–H groups in total. The molecule has 0 saturated heterocycles. The van der Waals surface area contributed by atoms with Crippen molar-refractivity contribution < 1.29 is 34.2 Å². The van der Waals surface area contributed by atoms with Gasteiger partial charge in [0, 0.05) is 0 Å². The molecule has 0 fully saturated rings. The van der Waals surface area contributed by atoms with Crippen LogP contribution in [0.3, 0.4) is 0 Å². The Morgan fingerprint density at radius 1 is 1.03 bits per heavy atom. The van der Waals surface area contributed by atoms with Crippen molar-refractivity contribution in [1.29, 1.82) is 0 Å². The van der Waals surface area contributed by atoms with Crippen LogP contribution in [0.4, 0.5) is 0 Å². The number of hydrogen-bond donors (Lipinski definition) is 7. The summed E-state index contributed by atoms with van der Waals surface area (Å²) in [5.41, 5.74) is 11.7. The first-order chi connectivity index (χ1) is 15.5. The average Bonchev–Trinajstić information content (AvgIpc) is 2.75. The Morgan fingerprint density at radius 3 is 2.21 bits per heavy atom. The normalized spacial score (nSPS) is 13.3. The summed E-state index contributed by atoms with van der Waals surface area (Å²) < 4.78 is 0. The fourth-order valence-electron chi connectivity index (χ4n) is 2.70. The summed E-state index contributed by atoms with van der Waals surface area (Å²) in [6.07, 6.45) is 1.57. The topological polar surface area (TPSA) is 214 Å². The van der Waals surface area contributed by atoms with Crippen molar-refractivity contribution in [3.8, 4) is 5.75 Å². The molecule has 0 saturated carbocycles. The van der Waals surface area contributed by atoms with Gasteiger partial charge in [-0.25, -0.2) is 4.79 Å². The van der Waals surface area contributed by atoms with E-state index in [2.05, 4.69) is 16.0 Å². The lowest BCUT2D eigenvalue weighted by molar-refractivity contribution is -0.141. The van der Waals surface area contributed by atoms with Gasteiger partial charge in [-0.15, -0.1) is 0 Å². The molecular formula is C20H29N5O7S. The van der Waals surface area contributed by atoms with Crippen LogP contribution in [-0.2, 0) is 30.4 Å². The monoisotopic (exact) mass is 483 g/mol. The molecule has 0 aliphatic carbocycles. The number of carbonyl (C=O) groups excluding carboxylic acids is 4. The average molecular weight is 484 g/mol. The Morgan fingerprint density at radius 2 is 1.67 bits per heavy atom. The number of hydrogen-bond acceptors (Lipinski definition) is 8. The van der Waals surface area contributed by atoms with Gasteiger partial charge in [0.25, 0.3) is 0 Å². The zero-order valence-electron chi connectivity index (χ0n) is 18.1. The van der Waals surface area contributed by atoms with Crippen molar-refractivity contribution in [2.45, 2.75) is 37.4 Å². The van der Waals surface area contributed by atoms with Gasteiger partial charge in [0.05, 0.1) is 19.0 Å². The highest BCUT2D eigenvalue weighted by Gasteiger charge is 2.26. The van der Waals surface area contributed by atoms with E-state index in [-0.39, 0.29) is 18.6 Å². The number of nitrogens with two attached hydrogens (primary N) is 2. The summed E-state index contributed by atoms with van der Waals surface area (Å²) >= 11 is 1.42. The molecule has 13 heteroatoms. The predicted molar refractivity (Wildman–Crippen MR) is 121 cm³/mol. The molecule has 0 spiro atoms. The van der Waals surface area contributed by atoms with Crippen LogP contribution in [0.2, 0.25) is 0 Å². The Labute approximate surface area is 194 Å². The number of phenols is 1. The van der Waals surface area contributed by atoms with Crippen molar-refractivity contribution in [1.82, 2.24) is 16.0 Å². The number of benzene rings is 1. The van der Waals surface area contributed by atoms with Gasteiger partial charge in [-0.1, -0.05) is 12.1 Å². The van der Waals surface area contributed by atoms with Gasteiger partial charge in [0.1, 0.15) is 17.8 Å². The Hall–Kier alpha value is -3.32. The zero-order chi connectivity index (χ0) is 25.0. The third-order valence-electron chi connectivity index (χ3n) is 4.43.